The van der Waals surface area contributed by atoms with Gasteiger partial charge in [-0.15, -0.1) is 0 Å². The molecule has 3 heteroatoms. The zero-order valence-corrected chi connectivity index (χ0v) is 4.22. The molecule has 1 amide bonds. The first-order valence-electron chi connectivity index (χ1n) is 1.85. The van der Waals surface area contributed by atoms with Crippen LogP contribution in [0.1, 0.15) is 13.3 Å². The largest absolute Gasteiger partial charge is 0.372 e. The molecular formula is C4H8N2O. The lowest BCUT2D eigenvalue weighted by Crippen LogP contribution is -1.82. The molecule has 7 heavy (non-hydrogen) atoms. The number of rotatable bonds is 0. The lowest BCUT2D eigenvalue weighted by molar-refractivity contribution is -0.106. The van der Waals surface area contributed by atoms with Crippen LogP contribution in [0.3, 0.4) is 0 Å². The maximum atomic E-state index is 8.58. The van der Waals surface area contributed by atoms with E-state index in [4.69, 9.17) is 10.1 Å². The van der Waals surface area contributed by atoms with Crippen LogP contribution in [-0.4, -0.2) is 6.41 Å². The van der Waals surface area contributed by atoms with E-state index in [0.717, 1.165) is 0 Å². The predicted molar refractivity (Wildman–Crippen MR) is 26.2 cm³/mol. The van der Waals surface area contributed by atoms with Gasteiger partial charge in [0.25, 0.3) is 0 Å². The predicted octanol–water partition coefficient (Wildman–Crippen LogP) is 0.0215. The molecule has 0 saturated carbocycles. The quantitative estimate of drug-likeness (QED) is 0.436. The van der Waals surface area contributed by atoms with Crippen molar-refractivity contribution in [2.45, 2.75) is 13.3 Å². The summed E-state index contributed by atoms with van der Waals surface area (Å²) in [6.45, 7) is 1.82. The van der Waals surface area contributed by atoms with Gasteiger partial charge in [-0.2, -0.15) is 5.26 Å². The molecule has 0 bridgehead atoms. The zero-order valence-electron chi connectivity index (χ0n) is 4.22. The summed E-state index contributed by atoms with van der Waals surface area (Å²) < 4.78 is 0. The summed E-state index contributed by atoms with van der Waals surface area (Å²) in [4.78, 5) is 8.58. The fraction of sp³-hybridized carbons (Fsp3) is 0.500. The molecule has 0 heterocycles. The molecule has 0 fully saturated rings. The molecule has 0 spiro atoms. The normalized spacial score (nSPS) is 4.57. The average molecular weight is 100 g/mol. The second-order valence-electron chi connectivity index (χ2n) is 0.648. The molecule has 40 valence electrons. The first-order valence-corrected chi connectivity index (χ1v) is 1.85. The highest BCUT2D eigenvalue weighted by Gasteiger charge is 1.49. The van der Waals surface area contributed by atoms with Gasteiger partial charge in [0.1, 0.15) is 0 Å². The van der Waals surface area contributed by atoms with Crippen LogP contribution in [-0.2, 0) is 4.79 Å². The third-order valence-corrected chi connectivity index (χ3v) is 0.158. The van der Waals surface area contributed by atoms with E-state index in [1.807, 2.05) is 13.0 Å². The maximum Gasteiger partial charge on any atom is 0.204 e. The molecule has 0 aromatic rings. The Hall–Kier alpha value is -1.04. The summed E-state index contributed by atoms with van der Waals surface area (Å²) in [5.41, 5.74) is 4.17. The number of amides is 1. The molecule has 3 nitrogen and oxygen atoms in total. The number of nitriles is 1. The first kappa shape index (κ1) is 9.35. The Morgan fingerprint density at radius 1 is 2.00 bits per heavy atom. The summed E-state index contributed by atoms with van der Waals surface area (Å²) in [5.74, 6) is 0. The van der Waals surface area contributed by atoms with Crippen molar-refractivity contribution in [3.05, 3.63) is 0 Å². The minimum Gasteiger partial charge on any atom is -0.372 e. The second kappa shape index (κ2) is 20.2. The van der Waals surface area contributed by atoms with Crippen LogP contribution in [0.25, 0.3) is 0 Å². The van der Waals surface area contributed by atoms with Crippen molar-refractivity contribution < 1.29 is 4.79 Å². The summed E-state index contributed by atoms with van der Waals surface area (Å²) >= 11 is 0. The number of carbonyl (C=O) groups is 1. The van der Waals surface area contributed by atoms with Gasteiger partial charge < -0.3 is 5.73 Å². The van der Waals surface area contributed by atoms with E-state index in [-0.39, 0.29) is 6.41 Å². The number of nitrogens with two attached hydrogens (primary N) is 1. The number of hydrogen-bond donors (Lipinski definition) is 1. The highest BCUT2D eigenvalue weighted by atomic mass is 16.1. The van der Waals surface area contributed by atoms with Gasteiger partial charge in [-0.1, -0.05) is 6.92 Å². The van der Waals surface area contributed by atoms with Crippen LogP contribution >= 0.6 is 0 Å². The molecule has 0 aliphatic carbocycles. The SMILES string of the molecule is CCC#N.NC=O. The van der Waals surface area contributed by atoms with Gasteiger partial charge in [0, 0.05) is 6.42 Å². The van der Waals surface area contributed by atoms with Crippen LogP contribution in [0, 0.1) is 11.3 Å². The number of primary amides is 1. The minimum absolute atomic E-state index is 0.250. The highest BCUT2D eigenvalue weighted by molar-refractivity contribution is 5.42. The van der Waals surface area contributed by atoms with Crippen molar-refractivity contribution in [2.24, 2.45) is 5.73 Å². The lowest BCUT2D eigenvalue weighted by atomic mass is 10.6. The Morgan fingerprint density at radius 3 is 2.14 bits per heavy atom. The van der Waals surface area contributed by atoms with Crippen LogP contribution < -0.4 is 5.73 Å². The molecule has 0 aromatic carbocycles. The zero-order chi connectivity index (χ0) is 6.12. The second-order valence-corrected chi connectivity index (χ2v) is 0.648. The Labute approximate surface area is 42.7 Å². The molecule has 0 aromatic heterocycles. The summed E-state index contributed by atoms with van der Waals surface area (Å²) in [6, 6.07) is 1.93. The van der Waals surface area contributed by atoms with E-state index in [1.54, 1.807) is 0 Å². The third-order valence-electron chi connectivity index (χ3n) is 0.158. The summed E-state index contributed by atoms with van der Waals surface area (Å²) in [5, 5.41) is 7.62. The molecule has 0 aliphatic heterocycles. The van der Waals surface area contributed by atoms with Gasteiger partial charge in [-0.05, 0) is 0 Å². The van der Waals surface area contributed by atoms with Crippen LogP contribution in [0.5, 0.6) is 0 Å². The summed E-state index contributed by atoms with van der Waals surface area (Å²) in [7, 11) is 0. The topological polar surface area (TPSA) is 66.9 Å². The van der Waals surface area contributed by atoms with Gasteiger partial charge in [-0.3, -0.25) is 4.79 Å². The number of hydrogen-bond acceptors (Lipinski definition) is 2. The molecule has 0 radical (unpaired) electrons. The fourth-order valence-corrected chi connectivity index (χ4v) is 0. The third kappa shape index (κ3) is 27200. The van der Waals surface area contributed by atoms with Crippen molar-refractivity contribution in [1.82, 2.24) is 0 Å². The van der Waals surface area contributed by atoms with E-state index in [1.165, 1.54) is 0 Å². The number of carbonyl (C=O) groups excluding carboxylic acids is 1. The molecule has 0 saturated heterocycles. The Kier molecular flexibility index (Phi) is 27.0. The molecular weight excluding hydrogens is 92.1 g/mol. The fourth-order valence-electron chi connectivity index (χ4n) is 0. The Morgan fingerprint density at radius 2 is 2.14 bits per heavy atom. The number of nitrogens with zero attached hydrogens (tertiary/aromatic N) is 1. The smallest absolute Gasteiger partial charge is 0.204 e. The van der Waals surface area contributed by atoms with Gasteiger partial charge in [0.05, 0.1) is 6.07 Å². The van der Waals surface area contributed by atoms with E-state index >= 15 is 0 Å². The van der Waals surface area contributed by atoms with Gasteiger partial charge in [0.15, 0.2) is 0 Å². The highest BCUT2D eigenvalue weighted by Crippen LogP contribution is 1.58. The van der Waals surface area contributed by atoms with E-state index in [2.05, 4.69) is 5.73 Å². The van der Waals surface area contributed by atoms with Gasteiger partial charge in [0.2, 0.25) is 6.41 Å². The molecule has 2 N–H and O–H groups in total. The summed E-state index contributed by atoms with van der Waals surface area (Å²) in [6.07, 6.45) is 0.875. The first-order chi connectivity index (χ1) is 3.33. The molecule has 0 atom stereocenters. The molecule has 0 rings (SSSR count). The lowest BCUT2D eigenvalue weighted by Gasteiger charge is -1.47. The van der Waals surface area contributed by atoms with Crippen molar-refractivity contribution in [3.8, 4) is 6.07 Å². The van der Waals surface area contributed by atoms with Crippen LogP contribution in [0.4, 0.5) is 0 Å². The van der Waals surface area contributed by atoms with Crippen molar-refractivity contribution in [2.75, 3.05) is 0 Å². The molecule has 0 aliphatic rings. The average Bonchev–Trinajstić information content (AvgIpc) is 1.69. The Balaban J connectivity index is 0. The van der Waals surface area contributed by atoms with Crippen LogP contribution in [0.2, 0.25) is 0 Å². The Bertz CT molecular complexity index is 64.6. The van der Waals surface area contributed by atoms with Crippen molar-refractivity contribution in [3.63, 3.8) is 0 Å². The molecule has 0 unspecified atom stereocenters. The van der Waals surface area contributed by atoms with Gasteiger partial charge in [-0.25, -0.2) is 0 Å². The standard InChI is InChI=1S/C3H5N.CH3NO/c1-2-3-4;2-1-3/h2H2,1H3;1H,(H2,2,3). The minimum atomic E-state index is 0.250. The van der Waals surface area contributed by atoms with Gasteiger partial charge >= 0.3 is 0 Å². The van der Waals surface area contributed by atoms with E-state index < -0.39 is 0 Å². The maximum absolute atomic E-state index is 8.58. The van der Waals surface area contributed by atoms with Crippen LogP contribution in [0.15, 0.2) is 0 Å². The monoisotopic (exact) mass is 100 g/mol. The van der Waals surface area contributed by atoms with E-state index in [0.29, 0.717) is 6.42 Å². The van der Waals surface area contributed by atoms with E-state index in [9.17, 15) is 0 Å². The van der Waals surface area contributed by atoms with Crippen molar-refractivity contribution >= 4 is 6.41 Å². The van der Waals surface area contributed by atoms with Crippen molar-refractivity contribution in [1.29, 1.82) is 5.26 Å².